The van der Waals surface area contributed by atoms with Crippen LogP contribution in [0.25, 0.3) is 0 Å². The van der Waals surface area contributed by atoms with Gasteiger partial charge < -0.3 is 4.74 Å². The van der Waals surface area contributed by atoms with Crippen molar-refractivity contribution in [3.05, 3.63) is 47.0 Å². The van der Waals surface area contributed by atoms with E-state index < -0.39 is 0 Å². The van der Waals surface area contributed by atoms with Crippen LogP contribution < -0.4 is 0 Å². The normalized spacial score (nSPS) is 15.1. The summed E-state index contributed by atoms with van der Waals surface area (Å²) in [5.74, 6) is -0.212. The summed E-state index contributed by atoms with van der Waals surface area (Å²) >= 11 is 0. The summed E-state index contributed by atoms with van der Waals surface area (Å²) in [5, 5.41) is 0. The number of benzene rings is 1. The minimum atomic E-state index is -0.212. The smallest absolute Gasteiger partial charge is 0.338 e. The summed E-state index contributed by atoms with van der Waals surface area (Å²) in [4.78, 5) is 11.9. The lowest BCUT2D eigenvalue weighted by atomic mass is 10.1. The van der Waals surface area contributed by atoms with Crippen molar-refractivity contribution < 1.29 is 9.53 Å². The Morgan fingerprint density at radius 1 is 1.35 bits per heavy atom. The molecule has 0 amide bonds. The van der Waals surface area contributed by atoms with Crippen LogP contribution in [-0.2, 0) is 4.74 Å². The molecule has 1 unspecified atom stereocenters. The molecule has 2 heteroatoms. The third-order valence-corrected chi connectivity index (χ3v) is 2.94. The van der Waals surface area contributed by atoms with Crippen LogP contribution in [0.1, 0.15) is 42.1 Å². The van der Waals surface area contributed by atoms with Crippen LogP contribution in [0, 0.1) is 6.92 Å². The zero-order valence-electron chi connectivity index (χ0n) is 10.4. The molecule has 1 aliphatic carbocycles. The zero-order valence-corrected chi connectivity index (χ0v) is 10.4. The van der Waals surface area contributed by atoms with E-state index >= 15 is 0 Å². The van der Waals surface area contributed by atoms with Crippen molar-refractivity contribution in [2.75, 3.05) is 0 Å². The van der Waals surface area contributed by atoms with Gasteiger partial charge in [-0.25, -0.2) is 4.79 Å². The molecule has 2 rings (SSSR count). The molecule has 0 bridgehead atoms. The van der Waals surface area contributed by atoms with Crippen molar-refractivity contribution in [1.29, 1.82) is 0 Å². The SMILES string of the molecule is CCCC(OC(=O)c1ccc(C)cc1)C1=CC1. The molecule has 0 N–H and O–H groups in total. The number of hydrogen-bond donors (Lipinski definition) is 0. The van der Waals surface area contributed by atoms with Crippen LogP contribution in [0.4, 0.5) is 0 Å². The van der Waals surface area contributed by atoms with E-state index in [4.69, 9.17) is 4.74 Å². The van der Waals surface area contributed by atoms with Gasteiger partial charge >= 0.3 is 5.97 Å². The van der Waals surface area contributed by atoms with Crippen LogP contribution in [0.2, 0.25) is 0 Å². The number of aryl methyl sites for hydroxylation is 1. The average Bonchev–Trinajstić information content (AvgIpc) is 3.13. The van der Waals surface area contributed by atoms with Crippen LogP contribution in [0.15, 0.2) is 35.9 Å². The van der Waals surface area contributed by atoms with Crippen molar-refractivity contribution in [2.24, 2.45) is 0 Å². The number of allylic oxidation sites excluding steroid dienone is 1. The molecule has 1 aliphatic rings. The fourth-order valence-electron chi connectivity index (χ4n) is 1.79. The molecule has 0 saturated carbocycles. The summed E-state index contributed by atoms with van der Waals surface area (Å²) < 4.78 is 5.53. The first-order chi connectivity index (χ1) is 8.20. The molecule has 0 aliphatic heterocycles. The molecule has 0 spiro atoms. The molecule has 1 atom stereocenters. The summed E-state index contributed by atoms with van der Waals surface area (Å²) in [6.07, 6.45) is 5.08. The fraction of sp³-hybridized carbons (Fsp3) is 0.400. The lowest BCUT2D eigenvalue weighted by Crippen LogP contribution is -2.17. The molecule has 0 saturated heterocycles. The maximum absolute atomic E-state index is 11.9. The summed E-state index contributed by atoms with van der Waals surface area (Å²) in [6, 6.07) is 7.51. The van der Waals surface area contributed by atoms with E-state index in [1.165, 1.54) is 5.57 Å². The van der Waals surface area contributed by atoms with Crippen molar-refractivity contribution in [1.82, 2.24) is 0 Å². The Labute approximate surface area is 102 Å². The minimum Gasteiger partial charge on any atom is -0.454 e. The largest absolute Gasteiger partial charge is 0.454 e. The molecule has 1 aromatic carbocycles. The highest BCUT2D eigenvalue weighted by atomic mass is 16.5. The Morgan fingerprint density at radius 2 is 2.00 bits per heavy atom. The van der Waals surface area contributed by atoms with Crippen LogP contribution in [0.3, 0.4) is 0 Å². The fourth-order valence-corrected chi connectivity index (χ4v) is 1.79. The summed E-state index contributed by atoms with van der Waals surface area (Å²) in [5.41, 5.74) is 3.06. The van der Waals surface area contributed by atoms with E-state index in [0.29, 0.717) is 5.56 Å². The average molecular weight is 230 g/mol. The molecule has 1 aromatic rings. The van der Waals surface area contributed by atoms with Crippen molar-refractivity contribution >= 4 is 5.97 Å². The monoisotopic (exact) mass is 230 g/mol. The quantitative estimate of drug-likeness (QED) is 0.570. The van der Waals surface area contributed by atoms with Gasteiger partial charge in [-0.2, -0.15) is 0 Å². The van der Waals surface area contributed by atoms with Gasteiger partial charge in [0.1, 0.15) is 6.10 Å². The summed E-state index contributed by atoms with van der Waals surface area (Å²) in [7, 11) is 0. The molecule has 17 heavy (non-hydrogen) atoms. The highest BCUT2D eigenvalue weighted by molar-refractivity contribution is 5.89. The molecule has 0 fully saturated rings. The first-order valence-electron chi connectivity index (χ1n) is 6.17. The third kappa shape index (κ3) is 3.19. The standard InChI is InChI=1S/C15H18O2/c1-3-4-14(12-9-10-12)17-15(16)13-7-5-11(2)6-8-13/h5-9,14H,3-4,10H2,1-2H3. The van der Waals surface area contributed by atoms with Gasteiger partial charge in [-0.3, -0.25) is 0 Å². The molecule has 0 aromatic heterocycles. The van der Waals surface area contributed by atoms with Crippen molar-refractivity contribution in [3.8, 4) is 0 Å². The second-order valence-corrected chi connectivity index (χ2v) is 4.53. The number of rotatable bonds is 5. The number of ether oxygens (including phenoxy) is 1. The van der Waals surface area contributed by atoms with E-state index in [9.17, 15) is 4.79 Å². The maximum atomic E-state index is 11.9. The van der Waals surface area contributed by atoms with E-state index in [-0.39, 0.29) is 12.1 Å². The van der Waals surface area contributed by atoms with E-state index in [1.54, 1.807) is 0 Å². The van der Waals surface area contributed by atoms with Gasteiger partial charge in [0, 0.05) is 0 Å². The number of carbonyl (C=O) groups excluding carboxylic acids is 1. The third-order valence-electron chi connectivity index (χ3n) is 2.94. The van der Waals surface area contributed by atoms with Gasteiger partial charge in [0.05, 0.1) is 5.56 Å². The first kappa shape index (κ1) is 11.9. The Bertz CT molecular complexity index is 429. The Balaban J connectivity index is 1.99. The second kappa shape index (κ2) is 5.17. The lowest BCUT2D eigenvalue weighted by Gasteiger charge is -2.14. The Kier molecular flexibility index (Phi) is 3.62. The Hall–Kier alpha value is -1.57. The molecular formula is C15H18O2. The van der Waals surface area contributed by atoms with Crippen LogP contribution in [0.5, 0.6) is 0 Å². The summed E-state index contributed by atoms with van der Waals surface area (Å²) in [6.45, 7) is 4.11. The lowest BCUT2D eigenvalue weighted by molar-refractivity contribution is 0.0365. The Morgan fingerprint density at radius 3 is 2.53 bits per heavy atom. The molecule has 0 heterocycles. The van der Waals surface area contributed by atoms with Gasteiger partial charge in [0.2, 0.25) is 0 Å². The zero-order chi connectivity index (χ0) is 12.3. The molecule has 2 nitrogen and oxygen atoms in total. The van der Waals surface area contributed by atoms with E-state index in [2.05, 4.69) is 13.0 Å². The van der Waals surface area contributed by atoms with Crippen molar-refractivity contribution in [2.45, 2.75) is 39.2 Å². The van der Waals surface area contributed by atoms with Gasteiger partial charge in [-0.15, -0.1) is 0 Å². The topological polar surface area (TPSA) is 26.3 Å². The number of carbonyl (C=O) groups is 1. The minimum absolute atomic E-state index is 0.00574. The number of esters is 1. The molecular weight excluding hydrogens is 212 g/mol. The predicted molar refractivity (Wildman–Crippen MR) is 68.0 cm³/mol. The predicted octanol–water partition coefficient (Wildman–Crippen LogP) is 3.65. The highest BCUT2D eigenvalue weighted by Gasteiger charge is 2.23. The van der Waals surface area contributed by atoms with Gasteiger partial charge in [-0.05, 0) is 37.5 Å². The van der Waals surface area contributed by atoms with E-state index in [1.807, 2.05) is 31.2 Å². The molecule has 90 valence electrons. The van der Waals surface area contributed by atoms with Crippen LogP contribution >= 0.6 is 0 Å². The van der Waals surface area contributed by atoms with Gasteiger partial charge in [0.25, 0.3) is 0 Å². The van der Waals surface area contributed by atoms with Crippen molar-refractivity contribution in [3.63, 3.8) is 0 Å². The van der Waals surface area contributed by atoms with Gasteiger partial charge in [-0.1, -0.05) is 37.1 Å². The number of hydrogen-bond acceptors (Lipinski definition) is 2. The van der Waals surface area contributed by atoms with Crippen LogP contribution in [-0.4, -0.2) is 12.1 Å². The second-order valence-electron chi connectivity index (χ2n) is 4.53. The molecule has 0 radical (unpaired) electrons. The van der Waals surface area contributed by atoms with E-state index in [0.717, 1.165) is 24.8 Å². The maximum Gasteiger partial charge on any atom is 0.338 e. The van der Waals surface area contributed by atoms with Gasteiger partial charge in [0.15, 0.2) is 0 Å². The highest BCUT2D eigenvalue weighted by Crippen LogP contribution is 2.28. The first-order valence-corrected chi connectivity index (χ1v) is 6.17.